The Kier molecular flexibility index (Phi) is 6.40. The van der Waals surface area contributed by atoms with E-state index in [0.29, 0.717) is 19.3 Å². The third-order valence-electron chi connectivity index (χ3n) is 3.26. The van der Waals surface area contributed by atoms with Gasteiger partial charge in [-0.05, 0) is 19.3 Å². The first-order valence-corrected chi connectivity index (χ1v) is 6.77. The van der Waals surface area contributed by atoms with E-state index in [-0.39, 0.29) is 24.1 Å². The summed E-state index contributed by atoms with van der Waals surface area (Å²) >= 11 is 0. The maximum absolute atomic E-state index is 12.2. The molecule has 8 N–H and O–H groups in total. The highest BCUT2D eigenvalue weighted by Crippen LogP contribution is 2.21. The van der Waals surface area contributed by atoms with E-state index in [4.69, 9.17) is 32.4 Å². The van der Waals surface area contributed by atoms with Crippen molar-refractivity contribution in [1.82, 2.24) is 5.01 Å². The first-order valence-electron chi connectivity index (χ1n) is 6.77. The largest absolute Gasteiger partial charge is 0.410 e. The molecule has 1 heterocycles. The van der Waals surface area contributed by atoms with Crippen molar-refractivity contribution in [2.45, 2.75) is 44.9 Å². The summed E-state index contributed by atoms with van der Waals surface area (Å²) in [5.41, 5.74) is 11.2. The Hall–Kier alpha value is -1.84. The maximum atomic E-state index is 12.2. The lowest BCUT2D eigenvalue weighted by Gasteiger charge is -2.24. The number of hydrogen-bond acceptors (Lipinski definition) is 8. The molecule has 0 radical (unpaired) electrons. The van der Waals surface area contributed by atoms with Gasteiger partial charge in [0.05, 0.1) is 18.4 Å². The summed E-state index contributed by atoms with van der Waals surface area (Å²) in [5, 5.41) is 21.7. The van der Waals surface area contributed by atoms with Gasteiger partial charge in [0.15, 0.2) is 5.71 Å². The van der Waals surface area contributed by atoms with Crippen molar-refractivity contribution in [2.75, 3.05) is 6.61 Å². The Bertz CT molecular complexity index is 437. The standard InChI is InChI=1S/C12H23N5O4/c1-2-3-8(13)10(14)11(16-20)12(19)17(15)9-5-4-7(6-18)21-9/h7,9,18,20H,2-6,13-15H2,1H3. The second kappa shape index (κ2) is 7.81. The van der Waals surface area contributed by atoms with Crippen LogP contribution < -0.4 is 17.3 Å². The molecule has 0 aromatic carbocycles. The normalized spacial score (nSPS) is 23.9. The Morgan fingerprint density at radius 1 is 1.43 bits per heavy atom. The molecule has 1 rings (SSSR count). The van der Waals surface area contributed by atoms with Gasteiger partial charge in [-0.3, -0.25) is 4.79 Å². The van der Waals surface area contributed by atoms with Crippen molar-refractivity contribution in [1.29, 1.82) is 0 Å². The molecule has 0 spiro atoms. The van der Waals surface area contributed by atoms with Gasteiger partial charge in [-0.1, -0.05) is 18.5 Å². The molecule has 120 valence electrons. The van der Waals surface area contributed by atoms with Gasteiger partial charge in [0, 0.05) is 5.70 Å². The summed E-state index contributed by atoms with van der Waals surface area (Å²) in [4.78, 5) is 12.2. The molecule has 1 amide bonds. The Morgan fingerprint density at radius 2 is 2.10 bits per heavy atom. The number of aliphatic hydroxyl groups excluding tert-OH is 1. The monoisotopic (exact) mass is 301 g/mol. The molecule has 0 bridgehead atoms. The zero-order valence-electron chi connectivity index (χ0n) is 12.0. The summed E-state index contributed by atoms with van der Waals surface area (Å²) in [7, 11) is 0. The highest BCUT2D eigenvalue weighted by molar-refractivity contribution is 6.44. The van der Waals surface area contributed by atoms with Crippen LogP contribution in [0.15, 0.2) is 16.5 Å². The highest BCUT2D eigenvalue weighted by atomic mass is 16.5. The van der Waals surface area contributed by atoms with Gasteiger partial charge in [-0.15, -0.1) is 0 Å². The number of nitrogens with two attached hydrogens (primary N) is 3. The van der Waals surface area contributed by atoms with E-state index in [2.05, 4.69) is 5.16 Å². The van der Waals surface area contributed by atoms with Gasteiger partial charge in [0.2, 0.25) is 0 Å². The number of nitrogens with zero attached hydrogens (tertiary/aromatic N) is 2. The van der Waals surface area contributed by atoms with Crippen molar-refractivity contribution in [3.05, 3.63) is 11.4 Å². The minimum Gasteiger partial charge on any atom is -0.410 e. The van der Waals surface area contributed by atoms with Crippen LogP contribution in [0.2, 0.25) is 0 Å². The molecule has 21 heavy (non-hydrogen) atoms. The fourth-order valence-corrected chi connectivity index (χ4v) is 2.05. The van der Waals surface area contributed by atoms with Crippen molar-refractivity contribution in [3.63, 3.8) is 0 Å². The molecule has 9 heteroatoms. The number of ether oxygens (including phenoxy) is 1. The average molecular weight is 301 g/mol. The van der Waals surface area contributed by atoms with Gasteiger partial charge in [0.25, 0.3) is 5.91 Å². The molecule has 1 fully saturated rings. The zero-order valence-corrected chi connectivity index (χ0v) is 12.0. The molecular weight excluding hydrogens is 278 g/mol. The number of amides is 1. The summed E-state index contributed by atoms with van der Waals surface area (Å²) < 4.78 is 5.38. The van der Waals surface area contributed by atoms with E-state index in [1.807, 2.05) is 6.92 Å². The molecule has 2 unspecified atom stereocenters. The number of carbonyl (C=O) groups is 1. The fourth-order valence-electron chi connectivity index (χ4n) is 2.05. The maximum Gasteiger partial charge on any atom is 0.294 e. The predicted octanol–water partition coefficient (Wildman–Crippen LogP) is -1.05. The van der Waals surface area contributed by atoms with Crippen LogP contribution in [0.5, 0.6) is 0 Å². The first kappa shape index (κ1) is 17.2. The van der Waals surface area contributed by atoms with Crippen LogP contribution in [0.4, 0.5) is 0 Å². The van der Waals surface area contributed by atoms with Gasteiger partial charge in [-0.25, -0.2) is 10.9 Å². The SMILES string of the molecule is CCCC(N)=C(N)C(=NO)C(=O)N(N)C1CCC(CO)O1. The predicted molar refractivity (Wildman–Crippen MR) is 75.5 cm³/mol. The molecule has 0 aromatic heterocycles. The van der Waals surface area contributed by atoms with Crippen LogP contribution in [-0.4, -0.2) is 45.9 Å². The number of hydrazine groups is 1. The number of aliphatic hydroxyl groups is 1. The Morgan fingerprint density at radius 3 is 2.57 bits per heavy atom. The van der Waals surface area contributed by atoms with E-state index in [1.54, 1.807) is 0 Å². The molecule has 2 atom stereocenters. The number of oxime groups is 1. The topological polar surface area (TPSA) is 160 Å². The molecule has 0 aromatic rings. The van der Waals surface area contributed by atoms with Gasteiger partial charge in [0.1, 0.15) is 6.23 Å². The third-order valence-corrected chi connectivity index (χ3v) is 3.26. The molecule has 1 aliphatic heterocycles. The van der Waals surface area contributed by atoms with Crippen LogP contribution in [0.3, 0.4) is 0 Å². The Labute approximate surface area is 123 Å². The van der Waals surface area contributed by atoms with Crippen molar-refractivity contribution in [2.24, 2.45) is 22.5 Å². The minimum absolute atomic E-state index is 0.100. The van der Waals surface area contributed by atoms with Crippen molar-refractivity contribution >= 4 is 11.6 Å². The van der Waals surface area contributed by atoms with E-state index >= 15 is 0 Å². The number of hydrogen-bond donors (Lipinski definition) is 5. The summed E-state index contributed by atoms with van der Waals surface area (Å²) in [6, 6.07) is 0. The van der Waals surface area contributed by atoms with Gasteiger partial charge in [-0.2, -0.15) is 0 Å². The number of rotatable bonds is 6. The summed E-state index contributed by atoms with van der Waals surface area (Å²) in [6.45, 7) is 1.75. The van der Waals surface area contributed by atoms with Crippen LogP contribution in [0, 0.1) is 0 Å². The zero-order chi connectivity index (χ0) is 16.0. The van der Waals surface area contributed by atoms with E-state index < -0.39 is 17.8 Å². The van der Waals surface area contributed by atoms with E-state index in [0.717, 1.165) is 11.4 Å². The molecular formula is C12H23N5O4. The molecule has 0 saturated carbocycles. The molecule has 9 nitrogen and oxygen atoms in total. The summed E-state index contributed by atoms with van der Waals surface area (Å²) in [6.07, 6.45) is 1.19. The van der Waals surface area contributed by atoms with E-state index in [1.165, 1.54) is 0 Å². The lowest BCUT2D eigenvalue weighted by Crippen LogP contribution is -2.50. The quantitative estimate of drug-likeness (QED) is 0.137. The Balaban J connectivity index is 2.82. The lowest BCUT2D eigenvalue weighted by atomic mass is 10.1. The first-order chi connectivity index (χ1) is 9.96. The van der Waals surface area contributed by atoms with E-state index in [9.17, 15) is 4.79 Å². The van der Waals surface area contributed by atoms with Crippen molar-refractivity contribution in [3.8, 4) is 0 Å². The highest BCUT2D eigenvalue weighted by Gasteiger charge is 2.33. The summed E-state index contributed by atoms with van der Waals surface area (Å²) in [5.74, 6) is 4.90. The number of allylic oxidation sites excluding steroid dienone is 1. The van der Waals surface area contributed by atoms with Crippen LogP contribution >= 0.6 is 0 Å². The van der Waals surface area contributed by atoms with Crippen LogP contribution in [-0.2, 0) is 9.53 Å². The molecule has 0 aliphatic carbocycles. The average Bonchev–Trinajstić information content (AvgIpc) is 2.96. The third kappa shape index (κ3) is 4.06. The van der Waals surface area contributed by atoms with Crippen LogP contribution in [0.1, 0.15) is 32.6 Å². The van der Waals surface area contributed by atoms with Gasteiger partial charge < -0.3 is 26.5 Å². The minimum atomic E-state index is -0.794. The fraction of sp³-hybridized carbons (Fsp3) is 0.667. The lowest BCUT2D eigenvalue weighted by molar-refractivity contribution is -0.139. The van der Waals surface area contributed by atoms with Crippen LogP contribution in [0.25, 0.3) is 0 Å². The molecule has 1 aliphatic rings. The molecule has 1 saturated heterocycles. The number of carbonyl (C=O) groups excluding carboxylic acids is 1. The smallest absolute Gasteiger partial charge is 0.294 e. The second-order valence-electron chi connectivity index (χ2n) is 4.82. The van der Waals surface area contributed by atoms with Crippen molar-refractivity contribution < 1.29 is 19.8 Å². The van der Waals surface area contributed by atoms with Gasteiger partial charge >= 0.3 is 0 Å². The second-order valence-corrected chi connectivity index (χ2v) is 4.82.